The predicted molar refractivity (Wildman–Crippen MR) is 108 cm³/mol. The van der Waals surface area contributed by atoms with Crippen molar-refractivity contribution in [2.75, 3.05) is 26.3 Å². The predicted octanol–water partition coefficient (Wildman–Crippen LogP) is 3.54. The SMILES string of the molecule is NC(=NCC1(c2cccc(Cl)c2)CCOCC1)NCCc1ccccc1. The van der Waals surface area contributed by atoms with Gasteiger partial charge in [-0.3, -0.25) is 4.99 Å². The van der Waals surface area contributed by atoms with Gasteiger partial charge in [0.15, 0.2) is 5.96 Å². The number of aliphatic imine (C=N–C) groups is 1. The molecule has 3 rings (SSSR count). The number of hydrogen-bond donors (Lipinski definition) is 2. The minimum atomic E-state index is -0.0606. The van der Waals surface area contributed by atoms with E-state index in [0.717, 1.165) is 44.0 Å². The highest BCUT2D eigenvalue weighted by Crippen LogP contribution is 2.36. The first-order valence-corrected chi connectivity index (χ1v) is 9.47. The number of hydrogen-bond acceptors (Lipinski definition) is 2. The molecule has 1 fully saturated rings. The number of rotatable bonds is 6. The molecule has 0 aliphatic carbocycles. The Morgan fingerprint density at radius 2 is 1.88 bits per heavy atom. The first kappa shape index (κ1) is 18.7. The van der Waals surface area contributed by atoms with Crippen LogP contribution in [0.15, 0.2) is 59.6 Å². The maximum absolute atomic E-state index is 6.21. The van der Waals surface area contributed by atoms with Crippen molar-refractivity contribution >= 4 is 17.6 Å². The van der Waals surface area contributed by atoms with Gasteiger partial charge in [0.1, 0.15) is 0 Å². The second-order valence-corrected chi connectivity index (χ2v) is 7.20. The van der Waals surface area contributed by atoms with E-state index in [2.05, 4.69) is 28.5 Å². The molecule has 0 amide bonds. The lowest BCUT2D eigenvalue weighted by Gasteiger charge is -2.36. The van der Waals surface area contributed by atoms with Crippen LogP contribution in [0, 0.1) is 0 Å². The number of guanidine groups is 1. The molecule has 0 saturated carbocycles. The molecule has 0 aromatic heterocycles. The van der Waals surface area contributed by atoms with Gasteiger partial charge >= 0.3 is 0 Å². The summed E-state index contributed by atoms with van der Waals surface area (Å²) in [4.78, 5) is 4.64. The van der Waals surface area contributed by atoms with Gasteiger partial charge in [-0.1, -0.05) is 54.1 Å². The molecule has 0 unspecified atom stereocenters. The lowest BCUT2D eigenvalue weighted by atomic mass is 9.74. The van der Waals surface area contributed by atoms with Gasteiger partial charge in [0, 0.05) is 30.2 Å². The molecule has 5 heteroatoms. The smallest absolute Gasteiger partial charge is 0.188 e. The Hall–Kier alpha value is -2.04. The number of benzene rings is 2. The van der Waals surface area contributed by atoms with Crippen molar-refractivity contribution in [3.8, 4) is 0 Å². The van der Waals surface area contributed by atoms with Crippen molar-refractivity contribution in [3.63, 3.8) is 0 Å². The summed E-state index contributed by atoms with van der Waals surface area (Å²) in [6.07, 6.45) is 2.77. The molecular formula is C21H26ClN3O. The van der Waals surface area contributed by atoms with Gasteiger partial charge in [-0.15, -0.1) is 0 Å². The summed E-state index contributed by atoms with van der Waals surface area (Å²) in [7, 11) is 0. The van der Waals surface area contributed by atoms with Gasteiger partial charge in [0.25, 0.3) is 0 Å². The van der Waals surface area contributed by atoms with Crippen molar-refractivity contribution in [1.29, 1.82) is 0 Å². The van der Waals surface area contributed by atoms with Crippen LogP contribution in [0.2, 0.25) is 5.02 Å². The number of nitrogens with two attached hydrogens (primary N) is 1. The van der Waals surface area contributed by atoms with Gasteiger partial charge in [0.2, 0.25) is 0 Å². The fourth-order valence-electron chi connectivity index (χ4n) is 3.39. The number of nitrogens with one attached hydrogen (secondary N) is 1. The Morgan fingerprint density at radius 1 is 1.12 bits per heavy atom. The van der Waals surface area contributed by atoms with E-state index in [1.807, 2.05) is 36.4 Å². The Kier molecular flexibility index (Phi) is 6.53. The zero-order chi connectivity index (χ0) is 18.2. The standard InChI is InChI=1S/C21H26ClN3O/c22-19-8-4-7-18(15-19)21(10-13-26-14-11-21)16-25-20(23)24-12-9-17-5-2-1-3-6-17/h1-8,15H,9-14,16H2,(H3,23,24,25). The van der Waals surface area contributed by atoms with Crippen LogP contribution in [0.4, 0.5) is 0 Å². The molecular weight excluding hydrogens is 346 g/mol. The minimum Gasteiger partial charge on any atom is -0.381 e. The van der Waals surface area contributed by atoms with E-state index in [1.165, 1.54) is 11.1 Å². The average Bonchev–Trinajstić information content (AvgIpc) is 2.68. The second kappa shape index (κ2) is 9.06. The fraction of sp³-hybridized carbons (Fsp3) is 0.381. The first-order valence-electron chi connectivity index (χ1n) is 9.09. The van der Waals surface area contributed by atoms with E-state index in [1.54, 1.807) is 0 Å². The molecule has 26 heavy (non-hydrogen) atoms. The molecule has 2 aromatic carbocycles. The van der Waals surface area contributed by atoms with Crippen LogP contribution >= 0.6 is 11.6 Å². The highest BCUT2D eigenvalue weighted by Gasteiger charge is 2.34. The van der Waals surface area contributed by atoms with Crippen molar-refractivity contribution in [3.05, 3.63) is 70.7 Å². The van der Waals surface area contributed by atoms with E-state index in [9.17, 15) is 0 Å². The largest absolute Gasteiger partial charge is 0.381 e. The molecule has 1 aliphatic heterocycles. The lowest BCUT2D eigenvalue weighted by Crippen LogP contribution is -2.39. The van der Waals surface area contributed by atoms with Crippen LogP contribution in [-0.4, -0.2) is 32.3 Å². The Labute approximate surface area is 160 Å². The van der Waals surface area contributed by atoms with Gasteiger partial charge < -0.3 is 15.8 Å². The molecule has 1 heterocycles. The second-order valence-electron chi connectivity index (χ2n) is 6.77. The molecule has 0 spiro atoms. The van der Waals surface area contributed by atoms with Gasteiger partial charge in [-0.05, 0) is 42.5 Å². The topological polar surface area (TPSA) is 59.6 Å². The van der Waals surface area contributed by atoms with Gasteiger partial charge in [0.05, 0.1) is 6.54 Å². The third-order valence-corrected chi connectivity index (χ3v) is 5.24. The number of halogens is 1. The quantitative estimate of drug-likeness (QED) is 0.603. The normalized spacial score (nSPS) is 17.0. The van der Waals surface area contributed by atoms with Crippen molar-refractivity contribution in [2.24, 2.45) is 10.7 Å². The average molecular weight is 372 g/mol. The van der Waals surface area contributed by atoms with Crippen LogP contribution in [0.25, 0.3) is 0 Å². The van der Waals surface area contributed by atoms with E-state index in [4.69, 9.17) is 22.1 Å². The van der Waals surface area contributed by atoms with Crippen LogP contribution < -0.4 is 11.1 Å². The zero-order valence-electron chi connectivity index (χ0n) is 15.0. The Morgan fingerprint density at radius 3 is 2.62 bits per heavy atom. The van der Waals surface area contributed by atoms with E-state index < -0.39 is 0 Å². The molecule has 0 atom stereocenters. The summed E-state index contributed by atoms with van der Waals surface area (Å²) < 4.78 is 5.57. The molecule has 1 aliphatic rings. The first-order chi connectivity index (χ1) is 12.7. The van der Waals surface area contributed by atoms with Crippen molar-refractivity contribution in [1.82, 2.24) is 5.32 Å². The third kappa shape index (κ3) is 4.99. The Balaban J connectivity index is 1.62. The summed E-state index contributed by atoms with van der Waals surface area (Å²) in [5, 5.41) is 3.98. The van der Waals surface area contributed by atoms with Crippen LogP contribution in [0.1, 0.15) is 24.0 Å². The number of nitrogens with zero attached hydrogens (tertiary/aromatic N) is 1. The van der Waals surface area contributed by atoms with E-state index in [0.29, 0.717) is 12.5 Å². The third-order valence-electron chi connectivity index (χ3n) is 5.00. The van der Waals surface area contributed by atoms with Crippen molar-refractivity contribution in [2.45, 2.75) is 24.7 Å². The Bertz CT molecular complexity index is 727. The summed E-state index contributed by atoms with van der Waals surface area (Å²) in [5.74, 6) is 0.494. The molecule has 1 saturated heterocycles. The monoisotopic (exact) mass is 371 g/mol. The van der Waals surface area contributed by atoms with Gasteiger partial charge in [-0.2, -0.15) is 0 Å². The van der Waals surface area contributed by atoms with Gasteiger partial charge in [-0.25, -0.2) is 0 Å². The molecule has 2 aromatic rings. The van der Waals surface area contributed by atoms with E-state index in [-0.39, 0.29) is 5.41 Å². The minimum absolute atomic E-state index is 0.0606. The molecule has 3 N–H and O–H groups in total. The highest BCUT2D eigenvalue weighted by molar-refractivity contribution is 6.30. The lowest BCUT2D eigenvalue weighted by molar-refractivity contribution is 0.0531. The molecule has 0 bridgehead atoms. The van der Waals surface area contributed by atoms with Crippen molar-refractivity contribution < 1.29 is 4.74 Å². The molecule has 4 nitrogen and oxygen atoms in total. The maximum Gasteiger partial charge on any atom is 0.188 e. The number of ether oxygens (including phenoxy) is 1. The zero-order valence-corrected chi connectivity index (χ0v) is 15.7. The van der Waals surface area contributed by atoms with Crippen LogP contribution in [0.5, 0.6) is 0 Å². The van der Waals surface area contributed by atoms with Crippen LogP contribution in [-0.2, 0) is 16.6 Å². The summed E-state index contributed by atoms with van der Waals surface area (Å²) in [5.41, 5.74) is 8.54. The summed E-state index contributed by atoms with van der Waals surface area (Å²) in [6, 6.07) is 18.4. The highest BCUT2D eigenvalue weighted by atomic mass is 35.5. The summed E-state index contributed by atoms with van der Waals surface area (Å²) >= 11 is 6.21. The molecule has 0 radical (unpaired) electrons. The summed E-state index contributed by atoms with van der Waals surface area (Å²) in [6.45, 7) is 2.89. The van der Waals surface area contributed by atoms with E-state index >= 15 is 0 Å². The van der Waals surface area contributed by atoms with Crippen LogP contribution in [0.3, 0.4) is 0 Å². The maximum atomic E-state index is 6.21. The fourth-order valence-corrected chi connectivity index (χ4v) is 3.58. The molecule has 138 valence electrons.